The average Bonchev–Trinajstić information content (AvgIpc) is 2.26. The van der Waals surface area contributed by atoms with E-state index in [9.17, 15) is 4.79 Å². The van der Waals surface area contributed by atoms with Crippen molar-refractivity contribution in [2.75, 3.05) is 26.0 Å². The molecule has 1 N–H and O–H groups in total. The van der Waals surface area contributed by atoms with Gasteiger partial charge in [0.15, 0.2) is 0 Å². The molecule has 0 aliphatic carbocycles. The fraction of sp³-hybridized carbons (Fsp3) is 0.462. The number of rotatable bonds is 4. The van der Waals surface area contributed by atoms with Crippen LogP contribution in [0.3, 0.4) is 0 Å². The van der Waals surface area contributed by atoms with Crippen molar-refractivity contribution in [1.29, 1.82) is 0 Å². The van der Waals surface area contributed by atoms with Crippen LogP contribution in [0.15, 0.2) is 18.2 Å². The number of hydrogen-bond acceptors (Lipinski definition) is 2. The second kappa shape index (κ2) is 5.54. The fourth-order valence-electron chi connectivity index (χ4n) is 1.49. The van der Waals surface area contributed by atoms with Crippen LogP contribution < -0.4 is 5.32 Å². The molecule has 0 aliphatic heterocycles. The third kappa shape index (κ3) is 2.99. The van der Waals surface area contributed by atoms with Crippen molar-refractivity contribution in [3.8, 4) is 0 Å². The van der Waals surface area contributed by atoms with E-state index in [0.29, 0.717) is 0 Å². The third-order valence-electron chi connectivity index (χ3n) is 2.38. The molecule has 0 atom stereocenters. The lowest BCUT2D eigenvalue weighted by Crippen LogP contribution is -2.23. The molecule has 16 heavy (non-hydrogen) atoms. The maximum absolute atomic E-state index is 12.0. The van der Waals surface area contributed by atoms with Gasteiger partial charge in [-0.25, -0.2) is 0 Å². The van der Waals surface area contributed by atoms with Crippen molar-refractivity contribution in [3.05, 3.63) is 29.3 Å². The van der Waals surface area contributed by atoms with Gasteiger partial charge in [0, 0.05) is 26.3 Å². The summed E-state index contributed by atoms with van der Waals surface area (Å²) in [6.07, 6.45) is 1.05. The Morgan fingerprint density at radius 3 is 2.62 bits per heavy atom. The van der Waals surface area contributed by atoms with E-state index in [-0.39, 0.29) is 5.91 Å². The largest absolute Gasteiger partial charge is 0.384 e. The van der Waals surface area contributed by atoms with E-state index in [4.69, 9.17) is 0 Å². The Kier molecular flexibility index (Phi) is 4.35. The summed E-state index contributed by atoms with van der Waals surface area (Å²) < 4.78 is 0. The zero-order valence-electron chi connectivity index (χ0n) is 10.5. The van der Waals surface area contributed by atoms with Crippen molar-refractivity contribution in [1.82, 2.24) is 4.90 Å². The highest BCUT2D eigenvalue weighted by atomic mass is 16.2. The highest BCUT2D eigenvalue weighted by molar-refractivity contribution is 5.99. The number of hydrogen-bond donors (Lipinski definition) is 1. The van der Waals surface area contributed by atoms with Crippen LogP contribution in [0.1, 0.15) is 29.3 Å². The third-order valence-corrected chi connectivity index (χ3v) is 2.38. The molecular weight excluding hydrogens is 200 g/mol. The number of nitrogens with one attached hydrogen (secondary N) is 1. The Hall–Kier alpha value is -1.51. The molecule has 0 bridgehead atoms. The quantitative estimate of drug-likeness (QED) is 0.845. The van der Waals surface area contributed by atoms with Crippen LogP contribution in [0.2, 0.25) is 0 Å². The van der Waals surface area contributed by atoms with Gasteiger partial charge in [0.05, 0.1) is 5.56 Å². The number of nitrogens with zero attached hydrogens (tertiary/aromatic N) is 1. The topological polar surface area (TPSA) is 32.3 Å². The molecule has 0 unspecified atom stereocenters. The predicted octanol–water partition coefficient (Wildman–Crippen LogP) is 2.52. The summed E-state index contributed by atoms with van der Waals surface area (Å²) in [5, 5.41) is 3.28. The van der Waals surface area contributed by atoms with Crippen LogP contribution in [0, 0.1) is 6.92 Å². The first-order valence-corrected chi connectivity index (χ1v) is 5.62. The Balaban J connectivity index is 3.03. The van der Waals surface area contributed by atoms with E-state index in [1.165, 1.54) is 0 Å². The van der Waals surface area contributed by atoms with Gasteiger partial charge in [-0.1, -0.05) is 18.6 Å². The van der Waals surface area contributed by atoms with Crippen LogP contribution in [0.4, 0.5) is 5.69 Å². The number of carbonyl (C=O) groups excluding carboxylic acids is 1. The number of carbonyl (C=O) groups is 1. The summed E-state index contributed by atoms with van der Waals surface area (Å²) in [5.41, 5.74) is 2.77. The zero-order chi connectivity index (χ0) is 12.1. The van der Waals surface area contributed by atoms with Gasteiger partial charge in [0.25, 0.3) is 5.91 Å². The highest BCUT2D eigenvalue weighted by Gasteiger charge is 2.12. The Bertz CT molecular complexity index is 372. The molecule has 0 radical (unpaired) electrons. The summed E-state index contributed by atoms with van der Waals surface area (Å²) in [5.74, 6) is 0.0438. The van der Waals surface area contributed by atoms with E-state index in [1.54, 1.807) is 19.0 Å². The smallest absolute Gasteiger partial charge is 0.255 e. The molecular formula is C13H20N2O. The minimum atomic E-state index is 0.0438. The van der Waals surface area contributed by atoms with E-state index in [1.807, 2.05) is 25.1 Å². The summed E-state index contributed by atoms with van der Waals surface area (Å²) >= 11 is 0. The summed E-state index contributed by atoms with van der Waals surface area (Å²) in [7, 11) is 3.54. The molecule has 88 valence electrons. The van der Waals surface area contributed by atoms with E-state index in [0.717, 1.165) is 29.8 Å². The number of anilines is 1. The molecule has 1 amide bonds. The SMILES string of the molecule is CCCNc1ccc(C)cc1C(=O)N(C)C. The average molecular weight is 220 g/mol. The van der Waals surface area contributed by atoms with Crippen LogP contribution in [-0.4, -0.2) is 31.4 Å². The van der Waals surface area contributed by atoms with Gasteiger partial charge in [-0.3, -0.25) is 4.79 Å². The maximum atomic E-state index is 12.0. The van der Waals surface area contributed by atoms with Gasteiger partial charge in [0.2, 0.25) is 0 Å². The fourth-order valence-corrected chi connectivity index (χ4v) is 1.49. The molecule has 3 heteroatoms. The first-order chi connectivity index (χ1) is 7.56. The monoisotopic (exact) mass is 220 g/mol. The zero-order valence-corrected chi connectivity index (χ0v) is 10.5. The summed E-state index contributed by atoms with van der Waals surface area (Å²) in [4.78, 5) is 13.6. The maximum Gasteiger partial charge on any atom is 0.255 e. The molecule has 0 spiro atoms. The Morgan fingerprint density at radius 2 is 2.06 bits per heavy atom. The Morgan fingerprint density at radius 1 is 1.38 bits per heavy atom. The molecule has 0 heterocycles. The van der Waals surface area contributed by atoms with Gasteiger partial charge in [-0.15, -0.1) is 0 Å². The minimum Gasteiger partial charge on any atom is -0.384 e. The van der Waals surface area contributed by atoms with Crippen molar-refractivity contribution in [2.24, 2.45) is 0 Å². The van der Waals surface area contributed by atoms with E-state index < -0.39 is 0 Å². The van der Waals surface area contributed by atoms with Gasteiger partial charge in [-0.2, -0.15) is 0 Å². The molecule has 1 aromatic rings. The van der Waals surface area contributed by atoms with Crippen LogP contribution >= 0.6 is 0 Å². The normalized spacial score (nSPS) is 10.0. The molecule has 0 fully saturated rings. The van der Waals surface area contributed by atoms with Gasteiger partial charge >= 0.3 is 0 Å². The van der Waals surface area contributed by atoms with Gasteiger partial charge in [-0.05, 0) is 25.5 Å². The predicted molar refractivity (Wildman–Crippen MR) is 68.0 cm³/mol. The molecule has 0 saturated heterocycles. The molecule has 1 aromatic carbocycles. The van der Waals surface area contributed by atoms with Crippen LogP contribution in [-0.2, 0) is 0 Å². The van der Waals surface area contributed by atoms with Crippen molar-refractivity contribution in [2.45, 2.75) is 20.3 Å². The number of benzene rings is 1. The lowest BCUT2D eigenvalue weighted by Gasteiger charge is -2.15. The lowest BCUT2D eigenvalue weighted by atomic mass is 10.1. The molecule has 1 rings (SSSR count). The van der Waals surface area contributed by atoms with Crippen molar-refractivity contribution >= 4 is 11.6 Å². The lowest BCUT2D eigenvalue weighted by molar-refractivity contribution is 0.0828. The first kappa shape index (κ1) is 12.6. The van der Waals surface area contributed by atoms with Crippen molar-refractivity contribution < 1.29 is 4.79 Å². The van der Waals surface area contributed by atoms with Crippen LogP contribution in [0.25, 0.3) is 0 Å². The van der Waals surface area contributed by atoms with E-state index in [2.05, 4.69) is 12.2 Å². The first-order valence-electron chi connectivity index (χ1n) is 5.62. The number of amides is 1. The molecule has 0 aliphatic rings. The second-order valence-corrected chi connectivity index (χ2v) is 4.18. The van der Waals surface area contributed by atoms with Gasteiger partial charge in [0.1, 0.15) is 0 Å². The minimum absolute atomic E-state index is 0.0438. The van der Waals surface area contributed by atoms with Crippen LogP contribution in [0.5, 0.6) is 0 Å². The second-order valence-electron chi connectivity index (χ2n) is 4.18. The highest BCUT2D eigenvalue weighted by Crippen LogP contribution is 2.18. The van der Waals surface area contributed by atoms with Gasteiger partial charge < -0.3 is 10.2 Å². The Labute approximate surface area is 97.5 Å². The molecule has 3 nitrogen and oxygen atoms in total. The van der Waals surface area contributed by atoms with E-state index >= 15 is 0 Å². The van der Waals surface area contributed by atoms with Crippen molar-refractivity contribution in [3.63, 3.8) is 0 Å². The summed E-state index contributed by atoms with van der Waals surface area (Å²) in [6.45, 7) is 4.99. The molecule has 0 saturated carbocycles. The summed E-state index contributed by atoms with van der Waals surface area (Å²) in [6, 6.07) is 5.92. The molecule has 0 aromatic heterocycles. The number of aryl methyl sites for hydroxylation is 1. The standard InChI is InChI=1S/C13H20N2O/c1-5-8-14-12-7-6-10(2)9-11(12)13(16)15(3)4/h6-7,9,14H,5,8H2,1-4H3.